The Morgan fingerprint density at radius 1 is 1.22 bits per heavy atom. The first-order valence-corrected chi connectivity index (χ1v) is 8.98. The third-order valence-electron chi connectivity index (χ3n) is 4.29. The van der Waals surface area contributed by atoms with Crippen LogP contribution in [0.25, 0.3) is 6.08 Å². The summed E-state index contributed by atoms with van der Waals surface area (Å²) < 4.78 is 1.55. The van der Waals surface area contributed by atoms with Gasteiger partial charge in [-0.1, -0.05) is 29.3 Å². The summed E-state index contributed by atoms with van der Waals surface area (Å²) in [4.78, 5) is 26.0. The molecule has 0 aliphatic rings. The quantitative estimate of drug-likeness (QED) is 0.798. The predicted octanol–water partition coefficient (Wildman–Crippen LogP) is 3.42. The Hall–Kier alpha value is -2.60. The van der Waals surface area contributed by atoms with Gasteiger partial charge in [0.05, 0.1) is 12.2 Å². The zero-order chi connectivity index (χ0) is 20.3. The van der Waals surface area contributed by atoms with Crippen LogP contribution in [0, 0.1) is 27.7 Å². The van der Waals surface area contributed by atoms with E-state index in [1.54, 1.807) is 24.9 Å². The average molecular weight is 389 g/mol. The normalized spacial score (nSPS) is 11.1. The van der Waals surface area contributed by atoms with Crippen molar-refractivity contribution in [2.24, 2.45) is 7.05 Å². The lowest BCUT2D eigenvalue weighted by Gasteiger charge is -2.17. The molecule has 0 radical (unpaired) electrons. The van der Waals surface area contributed by atoms with Crippen LogP contribution < -0.4 is 5.32 Å². The smallest absolute Gasteiger partial charge is 0.246 e. The van der Waals surface area contributed by atoms with E-state index in [0.717, 1.165) is 28.1 Å². The Morgan fingerprint density at radius 3 is 2.33 bits per heavy atom. The van der Waals surface area contributed by atoms with Gasteiger partial charge in [-0.25, -0.2) is 0 Å². The molecule has 0 aliphatic carbocycles. The van der Waals surface area contributed by atoms with Crippen LogP contribution in [0.4, 0.5) is 5.69 Å². The number of hydrogen-bond acceptors (Lipinski definition) is 3. The molecular weight excluding hydrogens is 364 g/mol. The zero-order valence-electron chi connectivity index (χ0n) is 16.6. The summed E-state index contributed by atoms with van der Waals surface area (Å²) in [6.45, 7) is 7.69. The summed E-state index contributed by atoms with van der Waals surface area (Å²) in [5.41, 5.74) is 5.35. The molecule has 144 valence electrons. The first-order chi connectivity index (χ1) is 12.6. The summed E-state index contributed by atoms with van der Waals surface area (Å²) in [6.07, 6.45) is 3.02. The molecule has 0 bridgehead atoms. The molecule has 6 nitrogen and oxygen atoms in total. The summed E-state index contributed by atoms with van der Waals surface area (Å²) in [5, 5.41) is 7.55. The fourth-order valence-electron chi connectivity index (χ4n) is 2.97. The Morgan fingerprint density at radius 2 is 1.81 bits per heavy atom. The topological polar surface area (TPSA) is 67.2 Å². The van der Waals surface area contributed by atoms with Crippen LogP contribution in [0.2, 0.25) is 5.15 Å². The molecule has 2 aromatic rings. The van der Waals surface area contributed by atoms with E-state index in [9.17, 15) is 9.59 Å². The number of halogens is 1. The summed E-state index contributed by atoms with van der Waals surface area (Å²) in [5.74, 6) is -0.535. The number of benzene rings is 1. The Kier molecular flexibility index (Phi) is 6.44. The van der Waals surface area contributed by atoms with Crippen molar-refractivity contribution in [2.75, 3.05) is 18.9 Å². The van der Waals surface area contributed by atoms with E-state index < -0.39 is 0 Å². The van der Waals surface area contributed by atoms with E-state index in [-0.39, 0.29) is 18.4 Å². The minimum Gasteiger partial charge on any atom is -0.333 e. The molecule has 2 rings (SSSR count). The first kappa shape index (κ1) is 20.7. The molecule has 27 heavy (non-hydrogen) atoms. The first-order valence-electron chi connectivity index (χ1n) is 8.60. The van der Waals surface area contributed by atoms with Crippen LogP contribution in [-0.2, 0) is 16.6 Å². The van der Waals surface area contributed by atoms with E-state index in [2.05, 4.69) is 10.4 Å². The number of nitrogens with zero attached hydrogens (tertiary/aromatic N) is 3. The van der Waals surface area contributed by atoms with Gasteiger partial charge in [0.25, 0.3) is 0 Å². The van der Waals surface area contributed by atoms with E-state index >= 15 is 0 Å². The number of carbonyl (C=O) groups excluding carboxylic acids is 2. The van der Waals surface area contributed by atoms with Crippen molar-refractivity contribution in [3.63, 3.8) is 0 Å². The molecule has 7 heteroatoms. The maximum Gasteiger partial charge on any atom is 0.246 e. The van der Waals surface area contributed by atoms with Gasteiger partial charge in [0.15, 0.2) is 0 Å². The highest BCUT2D eigenvalue weighted by Crippen LogP contribution is 2.22. The second kappa shape index (κ2) is 8.39. The van der Waals surface area contributed by atoms with Crippen LogP contribution in [0.5, 0.6) is 0 Å². The molecule has 0 spiro atoms. The standard InChI is InChI=1S/C20H25ClN4O2/c1-12-9-13(2)19(14(3)10-12)22-17(26)11-24(5)18(27)8-7-16-15(4)23-25(6)20(16)21/h7-10H,11H2,1-6H3,(H,22,26)/b8-7+. The van der Waals surface area contributed by atoms with Gasteiger partial charge in [-0.05, 0) is 44.9 Å². The summed E-state index contributed by atoms with van der Waals surface area (Å²) in [7, 11) is 3.32. The molecule has 0 saturated carbocycles. The lowest BCUT2D eigenvalue weighted by atomic mass is 10.1. The van der Waals surface area contributed by atoms with Crippen LogP contribution in [0.15, 0.2) is 18.2 Å². The third kappa shape index (κ3) is 4.98. The molecule has 0 saturated heterocycles. The molecule has 1 aromatic carbocycles. The molecule has 0 fully saturated rings. The Labute approximate surface area is 164 Å². The lowest BCUT2D eigenvalue weighted by molar-refractivity contribution is -0.129. The average Bonchev–Trinajstić information content (AvgIpc) is 2.81. The minimum absolute atomic E-state index is 0.0459. The van der Waals surface area contributed by atoms with Gasteiger partial charge in [-0.15, -0.1) is 0 Å². The number of rotatable bonds is 5. The van der Waals surface area contributed by atoms with Crippen LogP contribution in [-0.4, -0.2) is 40.1 Å². The number of carbonyl (C=O) groups is 2. The Bertz CT molecular complexity index is 892. The van der Waals surface area contributed by atoms with Crippen LogP contribution in [0.1, 0.15) is 27.9 Å². The van der Waals surface area contributed by atoms with Crippen molar-refractivity contribution in [3.05, 3.63) is 51.3 Å². The molecule has 2 amide bonds. The van der Waals surface area contributed by atoms with Gasteiger partial charge in [-0.3, -0.25) is 14.3 Å². The molecule has 1 N–H and O–H groups in total. The van der Waals surface area contributed by atoms with Gasteiger partial charge in [0.1, 0.15) is 5.15 Å². The number of anilines is 1. The lowest BCUT2D eigenvalue weighted by Crippen LogP contribution is -2.34. The number of hydrogen-bond donors (Lipinski definition) is 1. The van der Waals surface area contributed by atoms with Crippen molar-refractivity contribution >= 4 is 35.2 Å². The molecule has 0 atom stereocenters. The van der Waals surface area contributed by atoms with Gasteiger partial charge in [-0.2, -0.15) is 5.10 Å². The number of likely N-dealkylation sites (N-methyl/N-ethyl adjacent to an activating group) is 1. The fraction of sp³-hybridized carbons (Fsp3) is 0.350. The van der Waals surface area contributed by atoms with E-state index in [1.807, 2.05) is 39.8 Å². The highest BCUT2D eigenvalue weighted by molar-refractivity contribution is 6.31. The molecule has 0 aliphatic heterocycles. The van der Waals surface area contributed by atoms with Crippen LogP contribution in [0.3, 0.4) is 0 Å². The zero-order valence-corrected chi connectivity index (χ0v) is 17.3. The highest BCUT2D eigenvalue weighted by atomic mass is 35.5. The van der Waals surface area contributed by atoms with Gasteiger partial charge >= 0.3 is 0 Å². The maximum atomic E-state index is 12.3. The molecule has 1 heterocycles. The fourth-order valence-corrected chi connectivity index (χ4v) is 3.20. The molecular formula is C20H25ClN4O2. The maximum absolute atomic E-state index is 12.3. The van der Waals surface area contributed by atoms with E-state index in [4.69, 9.17) is 11.6 Å². The third-order valence-corrected chi connectivity index (χ3v) is 4.74. The molecule has 0 unspecified atom stereocenters. The SMILES string of the molecule is Cc1cc(C)c(NC(=O)CN(C)C(=O)/C=C/c2c(C)nn(C)c2Cl)c(C)c1. The monoisotopic (exact) mass is 388 g/mol. The summed E-state index contributed by atoms with van der Waals surface area (Å²) in [6, 6.07) is 4.03. The second-order valence-corrected chi connectivity index (χ2v) is 7.12. The second-order valence-electron chi connectivity index (χ2n) is 6.76. The van der Waals surface area contributed by atoms with E-state index in [0.29, 0.717) is 10.7 Å². The molecule has 1 aromatic heterocycles. The van der Waals surface area contributed by atoms with Gasteiger partial charge in [0, 0.05) is 31.4 Å². The van der Waals surface area contributed by atoms with Gasteiger partial charge < -0.3 is 10.2 Å². The van der Waals surface area contributed by atoms with E-state index in [1.165, 1.54) is 11.0 Å². The predicted molar refractivity (Wildman–Crippen MR) is 109 cm³/mol. The highest BCUT2D eigenvalue weighted by Gasteiger charge is 2.14. The van der Waals surface area contributed by atoms with Crippen molar-refractivity contribution < 1.29 is 9.59 Å². The number of nitrogens with one attached hydrogen (secondary N) is 1. The van der Waals surface area contributed by atoms with Crippen molar-refractivity contribution in [3.8, 4) is 0 Å². The minimum atomic E-state index is -0.290. The largest absolute Gasteiger partial charge is 0.333 e. The number of aromatic nitrogens is 2. The van der Waals surface area contributed by atoms with Crippen molar-refractivity contribution in [1.29, 1.82) is 0 Å². The number of amides is 2. The number of aryl methyl sites for hydroxylation is 5. The van der Waals surface area contributed by atoms with Gasteiger partial charge in [0.2, 0.25) is 11.8 Å². The van der Waals surface area contributed by atoms with Crippen molar-refractivity contribution in [1.82, 2.24) is 14.7 Å². The Balaban J connectivity index is 2.02. The van der Waals surface area contributed by atoms with Crippen LogP contribution >= 0.6 is 11.6 Å². The summed E-state index contributed by atoms with van der Waals surface area (Å²) >= 11 is 6.15. The van der Waals surface area contributed by atoms with Crippen molar-refractivity contribution in [2.45, 2.75) is 27.7 Å².